The molecular weight excluding hydrogens is 380 g/mol. The number of hydrogen-bond acceptors (Lipinski definition) is 5. The first-order chi connectivity index (χ1) is 14.5. The highest BCUT2D eigenvalue weighted by Gasteiger charge is 2.19. The number of imidazole rings is 1. The molecule has 0 fully saturated rings. The first-order valence-electron chi connectivity index (χ1n) is 10.3. The van der Waals surface area contributed by atoms with E-state index in [4.69, 9.17) is 9.47 Å². The number of hydrogen-bond donors (Lipinski definition) is 1. The molecule has 0 saturated heterocycles. The summed E-state index contributed by atoms with van der Waals surface area (Å²) < 4.78 is 13.3. The molecule has 2 aromatic heterocycles. The van der Waals surface area contributed by atoms with E-state index in [0.717, 1.165) is 28.4 Å². The molecule has 1 N–H and O–H groups in total. The smallest absolute Gasteiger partial charge is 0.271 e. The predicted octanol–water partition coefficient (Wildman–Crippen LogP) is 3.17. The van der Waals surface area contributed by atoms with E-state index in [-0.39, 0.29) is 5.91 Å². The highest BCUT2D eigenvalue weighted by Crippen LogP contribution is 2.28. The van der Waals surface area contributed by atoms with Crippen molar-refractivity contribution < 1.29 is 14.3 Å². The van der Waals surface area contributed by atoms with Gasteiger partial charge in [-0.3, -0.25) is 4.79 Å². The third-order valence-corrected chi connectivity index (χ3v) is 4.62. The van der Waals surface area contributed by atoms with Crippen molar-refractivity contribution in [1.29, 1.82) is 0 Å². The van der Waals surface area contributed by atoms with Gasteiger partial charge in [0.25, 0.3) is 5.91 Å². The molecular formula is C23H30N4O3. The highest BCUT2D eigenvalue weighted by atomic mass is 16.5. The minimum atomic E-state index is -0.161. The van der Waals surface area contributed by atoms with E-state index in [9.17, 15) is 4.79 Å². The fraction of sp³-hybridized carbons (Fsp3) is 0.391. The summed E-state index contributed by atoms with van der Waals surface area (Å²) in [6, 6.07) is 11.7. The molecule has 3 aromatic rings. The van der Waals surface area contributed by atoms with E-state index in [1.807, 2.05) is 79.8 Å². The maximum absolute atomic E-state index is 12.9. The van der Waals surface area contributed by atoms with Gasteiger partial charge in [0, 0.05) is 19.3 Å². The maximum Gasteiger partial charge on any atom is 0.271 e. The molecule has 0 unspecified atom stereocenters. The van der Waals surface area contributed by atoms with Gasteiger partial charge >= 0.3 is 0 Å². The average molecular weight is 411 g/mol. The van der Waals surface area contributed by atoms with Crippen molar-refractivity contribution in [2.75, 3.05) is 33.9 Å². The van der Waals surface area contributed by atoms with Crippen molar-refractivity contribution in [2.24, 2.45) is 0 Å². The Balaban J connectivity index is 1.70. The van der Waals surface area contributed by atoms with Crippen molar-refractivity contribution in [3.63, 3.8) is 0 Å². The zero-order valence-corrected chi connectivity index (χ0v) is 18.1. The molecule has 7 heteroatoms. The Labute approximate surface area is 177 Å². The summed E-state index contributed by atoms with van der Waals surface area (Å²) in [6.07, 6.45) is 2.63. The number of aromatic nitrogens is 2. The Morgan fingerprint density at radius 3 is 2.60 bits per heavy atom. The van der Waals surface area contributed by atoms with Crippen LogP contribution in [0.3, 0.4) is 0 Å². The zero-order chi connectivity index (χ0) is 21.5. The SMILES string of the molecule is CCOc1ccc(CCNC(=O)c2nc3ccccn3c2CN(C)C)cc1OCC. The van der Waals surface area contributed by atoms with Gasteiger partial charge in [-0.2, -0.15) is 0 Å². The summed E-state index contributed by atoms with van der Waals surface area (Å²) in [7, 11) is 3.96. The molecule has 0 atom stereocenters. The van der Waals surface area contributed by atoms with Crippen LogP contribution in [0.2, 0.25) is 0 Å². The number of nitrogens with zero attached hydrogens (tertiary/aromatic N) is 3. The van der Waals surface area contributed by atoms with Crippen molar-refractivity contribution >= 4 is 11.6 Å². The van der Waals surface area contributed by atoms with Crippen molar-refractivity contribution in [1.82, 2.24) is 19.6 Å². The second-order valence-electron chi connectivity index (χ2n) is 7.23. The monoisotopic (exact) mass is 410 g/mol. The maximum atomic E-state index is 12.9. The van der Waals surface area contributed by atoms with Crippen LogP contribution in [0.25, 0.3) is 5.65 Å². The summed E-state index contributed by atoms with van der Waals surface area (Å²) in [5.74, 6) is 1.31. The fourth-order valence-corrected chi connectivity index (χ4v) is 3.33. The summed E-state index contributed by atoms with van der Waals surface area (Å²) >= 11 is 0. The van der Waals surface area contributed by atoms with Gasteiger partial charge in [-0.25, -0.2) is 4.98 Å². The molecule has 0 aliphatic carbocycles. The van der Waals surface area contributed by atoms with Crippen LogP contribution in [0.4, 0.5) is 0 Å². The molecule has 1 amide bonds. The standard InChI is InChI=1S/C23H30N4O3/c1-5-29-19-11-10-17(15-20(19)30-6-2)12-13-24-23(28)22-18(16-26(3)4)27-14-8-7-9-21(27)25-22/h7-11,14-15H,5-6,12-13,16H2,1-4H3,(H,24,28). The van der Waals surface area contributed by atoms with Gasteiger partial charge < -0.3 is 24.1 Å². The van der Waals surface area contributed by atoms with Crippen LogP contribution in [0.15, 0.2) is 42.6 Å². The lowest BCUT2D eigenvalue weighted by Gasteiger charge is -2.13. The van der Waals surface area contributed by atoms with Gasteiger partial charge in [0.05, 0.1) is 18.9 Å². The molecule has 3 rings (SSSR count). The number of rotatable bonds is 10. The molecule has 30 heavy (non-hydrogen) atoms. The van der Waals surface area contributed by atoms with Crippen LogP contribution in [-0.2, 0) is 13.0 Å². The van der Waals surface area contributed by atoms with E-state index in [1.54, 1.807) is 0 Å². The number of amides is 1. The van der Waals surface area contributed by atoms with Crippen LogP contribution >= 0.6 is 0 Å². The van der Waals surface area contributed by atoms with Crippen LogP contribution < -0.4 is 14.8 Å². The molecule has 1 aromatic carbocycles. The molecule has 160 valence electrons. The largest absolute Gasteiger partial charge is 0.490 e. The number of carbonyl (C=O) groups is 1. The number of fused-ring (bicyclic) bond motifs is 1. The summed E-state index contributed by atoms with van der Waals surface area (Å²) in [6.45, 7) is 6.19. The van der Waals surface area contributed by atoms with Gasteiger partial charge in [0.2, 0.25) is 0 Å². The molecule has 0 aliphatic rings. The van der Waals surface area contributed by atoms with Crippen LogP contribution in [0.5, 0.6) is 11.5 Å². The normalized spacial score (nSPS) is 11.1. The summed E-state index contributed by atoms with van der Waals surface area (Å²) in [5.41, 5.74) is 3.20. The van der Waals surface area contributed by atoms with Crippen molar-refractivity contribution in [3.8, 4) is 11.5 Å². The third-order valence-electron chi connectivity index (χ3n) is 4.62. The van der Waals surface area contributed by atoms with Crippen molar-refractivity contribution in [2.45, 2.75) is 26.8 Å². The summed E-state index contributed by atoms with van der Waals surface area (Å²) in [4.78, 5) is 19.4. The van der Waals surface area contributed by atoms with E-state index in [0.29, 0.717) is 38.4 Å². The first-order valence-corrected chi connectivity index (χ1v) is 10.3. The quantitative estimate of drug-likeness (QED) is 0.556. The Bertz CT molecular complexity index is 997. The Kier molecular flexibility index (Phi) is 7.30. The van der Waals surface area contributed by atoms with Crippen LogP contribution in [0, 0.1) is 0 Å². The van der Waals surface area contributed by atoms with E-state index >= 15 is 0 Å². The molecule has 0 bridgehead atoms. The molecule has 0 aliphatic heterocycles. The first kappa shape index (κ1) is 21.6. The molecule has 0 saturated carbocycles. The zero-order valence-electron chi connectivity index (χ0n) is 18.1. The Morgan fingerprint density at radius 2 is 1.87 bits per heavy atom. The lowest BCUT2D eigenvalue weighted by molar-refractivity contribution is 0.0948. The van der Waals surface area contributed by atoms with Gasteiger partial charge in [0.1, 0.15) is 5.65 Å². The lowest BCUT2D eigenvalue weighted by atomic mass is 10.1. The topological polar surface area (TPSA) is 68.1 Å². The third kappa shape index (κ3) is 5.10. The lowest BCUT2D eigenvalue weighted by Crippen LogP contribution is -2.28. The highest BCUT2D eigenvalue weighted by molar-refractivity contribution is 5.94. The number of carbonyl (C=O) groups excluding carboxylic acids is 1. The average Bonchev–Trinajstić information content (AvgIpc) is 3.08. The Hall–Kier alpha value is -3.06. The van der Waals surface area contributed by atoms with E-state index < -0.39 is 0 Å². The van der Waals surface area contributed by atoms with Crippen LogP contribution in [-0.4, -0.2) is 54.0 Å². The van der Waals surface area contributed by atoms with Gasteiger partial charge in [-0.1, -0.05) is 12.1 Å². The second kappa shape index (κ2) is 10.1. The number of benzene rings is 1. The minimum Gasteiger partial charge on any atom is -0.490 e. The van der Waals surface area contributed by atoms with Gasteiger partial charge in [-0.15, -0.1) is 0 Å². The molecule has 0 spiro atoms. The van der Waals surface area contributed by atoms with Gasteiger partial charge in [-0.05, 0) is 64.2 Å². The van der Waals surface area contributed by atoms with Crippen LogP contribution in [0.1, 0.15) is 35.6 Å². The Morgan fingerprint density at radius 1 is 1.10 bits per heavy atom. The van der Waals surface area contributed by atoms with Crippen molar-refractivity contribution in [3.05, 3.63) is 59.5 Å². The van der Waals surface area contributed by atoms with E-state index in [2.05, 4.69) is 10.3 Å². The second-order valence-corrected chi connectivity index (χ2v) is 7.23. The molecule has 2 heterocycles. The predicted molar refractivity (Wildman–Crippen MR) is 117 cm³/mol. The number of nitrogens with one attached hydrogen (secondary N) is 1. The summed E-state index contributed by atoms with van der Waals surface area (Å²) in [5, 5.41) is 3.01. The fourth-order valence-electron chi connectivity index (χ4n) is 3.33. The van der Waals surface area contributed by atoms with E-state index in [1.165, 1.54) is 0 Å². The number of ether oxygens (including phenoxy) is 2. The molecule has 7 nitrogen and oxygen atoms in total. The van der Waals surface area contributed by atoms with Gasteiger partial charge in [0.15, 0.2) is 17.2 Å². The minimum absolute atomic E-state index is 0.161. The number of pyridine rings is 1. The molecule has 0 radical (unpaired) electrons.